The van der Waals surface area contributed by atoms with Crippen LogP contribution in [-0.4, -0.2) is 15.9 Å². The summed E-state index contributed by atoms with van der Waals surface area (Å²) >= 11 is 0. The van der Waals surface area contributed by atoms with Gasteiger partial charge >= 0.3 is 0 Å². The largest absolute Gasteiger partial charge is 0.485 e. The first-order valence-electron chi connectivity index (χ1n) is 7.93. The summed E-state index contributed by atoms with van der Waals surface area (Å²) in [5.41, 5.74) is 2.18. The Bertz CT molecular complexity index is 1030. The van der Waals surface area contributed by atoms with Crippen molar-refractivity contribution in [1.82, 2.24) is 9.97 Å². The van der Waals surface area contributed by atoms with Gasteiger partial charge in [0.15, 0.2) is 5.75 Å². The van der Waals surface area contributed by atoms with Crippen LogP contribution in [0.1, 0.15) is 27.2 Å². The van der Waals surface area contributed by atoms with E-state index in [1.54, 1.807) is 42.5 Å². The van der Waals surface area contributed by atoms with Gasteiger partial charge in [0.1, 0.15) is 18.4 Å². The average Bonchev–Trinajstić information content (AvgIpc) is 2.73. The number of amides is 1. The van der Waals surface area contributed by atoms with Gasteiger partial charge < -0.3 is 10.1 Å². The molecule has 27 heavy (non-hydrogen) atoms. The van der Waals surface area contributed by atoms with E-state index in [1.165, 1.54) is 18.6 Å². The summed E-state index contributed by atoms with van der Waals surface area (Å²) < 4.78 is 5.80. The highest BCUT2D eigenvalue weighted by Crippen LogP contribution is 2.29. The van der Waals surface area contributed by atoms with Gasteiger partial charge in [-0.3, -0.25) is 9.78 Å². The summed E-state index contributed by atoms with van der Waals surface area (Å²) in [5.74, 6) is -0.192. The van der Waals surface area contributed by atoms with E-state index in [-0.39, 0.29) is 18.1 Å². The molecule has 0 saturated carbocycles. The van der Waals surface area contributed by atoms with Gasteiger partial charge in [0.25, 0.3) is 5.91 Å². The fourth-order valence-electron chi connectivity index (χ4n) is 2.31. The number of para-hydroxylation sites is 1. The van der Waals surface area contributed by atoms with Crippen molar-refractivity contribution >= 4 is 11.6 Å². The summed E-state index contributed by atoms with van der Waals surface area (Å²) in [7, 11) is 0. The Morgan fingerprint density at radius 1 is 1.07 bits per heavy atom. The second-order valence-corrected chi connectivity index (χ2v) is 5.44. The summed E-state index contributed by atoms with van der Waals surface area (Å²) in [6.07, 6.45) is 4.24. The second-order valence-electron chi connectivity index (χ2n) is 5.44. The minimum absolute atomic E-state index is 0.151. The molecule has 0 unspecified atom stereocenters. The third-order valence-corrected chi connectivity index (χ3v) is 3.65. The normalized spacial score (nSPS) is 9.70. The lowest BCUT2D eigenvalue weighted by atomic mass is 10.1. The van der Waals surface area contributed by atoms with Crippen LogP contribution in [0.4, 0.5) is 5.69 Å². The molecule has 130 valence electrons. The standard InChI is InChI=1S/C20H13N5O2/c21-10-14-4-6-15(7-5-14)13-27-19-16(11-22)2-1-3-17(19)25-20(26)18-12-23-8-9-24-18/h1-9,12H,13H2,(H,25,26). The molecule has 7 nitrogen and oxygen atoms in total. The van der Waals surface area contributed by atoms with Crippen LogP contribution in [0.2, 0.25) is 0 Å². The maximum Gasteiger partial charge on any atom is 0.275 e. The van der Waals surface area contributed by atoms with Gasteiger partial charge in [-0.05, 0) is 29.8 Å². The molecule has 3 rings (SSSR count). The number of nitrogens with one attached hydrogen (secondary N) is 1. The Morgan fingerprint density at radius 3 is 2.56 bits per heavy atom. The Labute approximate surface area is 155 Å². The van der Waals surface area contributed by atoms with E-state index in [4.69, 9.17) is 10.00 Å². The SMILES string of the molecule is N#Cc1ccc(COc2c(C#N)cccc2NC(=O)c2cnccn2)cc1. The molecule has 2 aromatic carbocycles. The maximum atomic E-state index is 12.3. The van der Waals surface area contributed by atoms with Crippen molar-refractivity contribution in [2.75, 3.05) is 5.32 Å². The number of rotatable bonds is 5. The topological polar surface area (TPSA) is 112 Å². The number of aromatic nitrogens is 2. The Hall–Kier alpha value is -4.23. The van der Waals surface area contributed by atoms with E-state index < -0.39 is 5.91 Å². The first-order valence-corrected chi connectivity index (χ1v) is 7.93. The third kappa shape index (κ3) is 4.25. The molecule has 0 aliphatic carbocycles. The van der Waals surface area contributed by atoms with Gasteiger partial charge in [0.2, 0.25) is 0 Å². The summed E-state index contributed by atoms with van der Waals surface area (Å²) in [6, 6.07) is 15.9. The molecular formula is C20H13N5O2. The zero-order valence-electron chi connectivity index (χ0n) is 14.1. The van der Waals surface area contributed by atoms with Crippen molar-refractivity contribution in [1.29, 1.82) is 10.5 Å². The molecule has 7 heteroatoms. The fraction of sp³-hybridized carbons (Fsp3) is 0.0500. The number of nitriles is 2. The van der Waals surface area contributed by atoms with E-state index >= 15 is 0 Å². The molecule has 0 saturated heterocycles. The van der Waals surface area contributed by atoms with Crippen molar-refractivity contribution in [2.24, 2.45) is 0 Å². The third-order valence-electron chi connectivity index (χ3n) is 3.65. The van der Waals surface area contributed by atoms with Crippen LogP contribution in [0.5, 0.6) is 5.75 Å². The number of benzene rings is 2. The van der Waals surface area contributed by atoms with Crippen molar-refractivity contribution in [2.45, 2.75) is 6.61 Å². The lowest BCUT2D eigenvalue weighted by molar-refractivity contribution is 0.102. The van der Waals surface area contributed by atoms with E-state index in [2.05, 4.69) is 27.4 Å². The molecule has 1 heterocycles. The van der Waals surface area contributed by atoms with E-state index in [0.717, 1.165) is 5.56 Å². The quantitative estimate of drug-likeness (QED) is 0.753. The predicted molar refractivity (Wildman–Crippen MR) is 96.6 cm³/mol. The van der Waals surface area contributed by atoms with Gasteiger partial charge in [0, 0.05) is 12.4 Å². The van der Waals surface area contributed by atoms with Crippen molar-refractivity contribution in [3.05, 3.63) is 83.4 Å². The molecule has 0 bridgehead atoms. The van der Waals surface area contributed by atoms with Crippen LogP contribution in [0.15, 0.2) is 61.1 Å². The summed E-state index contributed by atoms with van der Waals surface area (Å²) in [6.45, 7) is 0.179. The molecule has 0 radical (unpaired) electrons. The fourth-order valence-corrected chi connectivity index (χ4v) is 2.31. The minimum Gasteiger partial charge on any atom is -0.485 e. The van der Waals surface area contributed by atoms with Crippen LogP contribution in [0.25, 0.3) is 0 Å². The molecule has 3 aromatic rings. The Kier molecular flexibility index (Phi) is 5.36. The number of hydrogen-bond acceptors (Lipinski definition) is 6. The van der Waals surface area contributed by atoms with E-state index in [9.17, 15) is 10.1 Å². The summed E-state index contributed by atoms with van der Waals surface area (Å²) in [5, 5.41) is 20.9. The Balaban J connectivity index is 1.82. The van der Waals surface area contributed by atoms with Gasteiger partial charge in [-0.15, -0.1) is 0 Å². The first-order chi connectivity index (χ1) is 13.2. The molecule has 1 amide bonds. The van der Waals surface area contributed by atoms with E-state index in [1.807, 2.05) is 0 Å². The van der Waals surface area contributed by atoms with Gasteiger partial charge in [0.05, 0.1) is 29.1 Å². The van der Waals surface area contributed by atoms with E-state index in [0.29, 0.717) is 16.8 Å². The average molecular weight is 355 g/mol. The van der Waals surface area contributed by atoms with Crippen LogP contribution in [0.3, 0.4) is 0 Å². The summed E-state index contributed by atoms with van der Waals surface area (Å²) in [4.78, 5) is 20.1. The number of nitrogens with zero attached hydrogens (tertiary/aromatic N) is 4. The molecular weight excluding hydrogens is 342 g/mol. The van der Waals surface area contributed by atoms with Gasteiger partial charge in [-0.1, -0.05) is 18.2 Å². The smallest absolute Gasteiger partial charge is 0.275 e. The van der Waals surface area contributed by atoms with Crippen LogP contribution < -0.4 is 10.1 Å². The van der Waals surface area contributed by atoms with Crippen molar-refractivity contribution in [3.8, 4) is 17.9 Å². The number of carbonyl (C=O) groups excluding carboxylic acids is 1. The molecule has 0 atom stereocenters. The maximum absolute atomic E-state index is 12.3. The highest BCUT2D eigenvalue weighted by molar-refractivity contribution is 6.03. The Morgan fingerprint density at radius 2 is 1.89 bits per heavy atom. The van der Waals surface area contributed by atoms with Crippen LogP contribution >= 0.6 is 0 Å². The van der Waals surface area contributed by atoms with Gasteiger partial charge in [-0.2, -0.15) is 10.5 Å². The number of carbonyl (C=O) groups is 1. The molecule has 1 aromatic heterocycles. The molecule has 0 spiro atoms. The minimum atomic E-state index is -0.457. The lowest BCUT2D eigenvalue weighted by Crippen LogP contribution is -2.15. The lowest BCUT2D eigenvalue weighted by Gasteiger charge is -2.14. The number of anilines is 1. The highest BCUT2D eigenvalue weighted by atomic mass is 16.5. The van der Waals surface area contributed by atoms with Crippen LogP contribution in [-0.2, 0) is 6.61 Å². The van der Waals surface area contributed by atoms with Crippen LogP contribution in [0, 0.1) is 22.7 Å². The first kappa shape index (κ1) is 17.6. The molecule has 0 fully saturated rings. The number of hydrogen-bond donors (Lipinski definition) is 1. The second kappa shape index (κ2) is 8.24. The van der Waals surface area contributed by atoms with Crippen molar-refractivity contribution < 1.29 is 9.53 Å². The monoisotopic (exact) mass is 355 g/mol. The van der Waals surface area contributed by atoms with Gasteiger partial charge in [-0.25, -0.2) is 4.98 Å². The highest BCUT2D eigenvalue weighted by Gasteiger charge is 2.14. The van der Waals surface area contributed by atoms with Crippen molar-refractivity contribution in [3.63, 3.8) is 0 Å². The molecule has 0 aliphatic heterocycles. The zero-order valence-corrected chi connectivity index (χ0v) is 14.1. The zero-order chi connectivity index (χ0) is 19.1. The predicted octanol–water partition coefficient (Wildman–Crippen LogP) is 3.05. The molecule has 1 N–H and O–H groups in total. The number of ether oxygens (including phenoxy) is 1. The molecule has 0 aliphatic rings.